The van der Waals surface area contributed by atoms with E-state index < -0.39 is 0 Å². The highest BCUT2D eigenvalue weighted by molar-refractivity contribution is 5.74. The van der Waals surface area contributed by atoms with Gasteiger partial charge in [-0.25, -0.2) is 4.79 Å². The fourth-order valence-electron chi connectivity index (χ4n) is 2.16. The van der Waals surface area contributed by atoms with Gasteiger partial charge in [0.1, 0.15) is 0 Å². The Morgan fingerprint density at radius 3 is 2.67 bits per heavy atom. The highest BCUT2D eigenvalue weighted by Crippen LogP contribution is 2.09. The van der Waals surface area contributed by atoms with E-state index in [4.69, 9.17) is 5.73 Å². The molecular weight excluding hydrogens is 230 g/mol. The van der Waals surface area contributed by atoms with Gasteiger partial charge in [-0.1, -0.05) is 12.8 Å². The lowest BCUT2D eigenvalue weighted by Gasteiger charge is -2.20. The lowest BCUT2D eigenvalue weighted by Crippen LogP contribution is -2.41. The van der Waals surface area contributed by atoms with Crippen molar-refractivity contribution in [3.05, 3.63) is 12.4 Å². The molecule has 1 fully saturated rings. The van der Waals surface area contributed by atoms with Gasteiger partial charge in [-0.05, 0) is 12.8 Å². The Balaban J connectivity index is 1.70. The number of anilines is 1. The normalized spacial score (nSPS) is 16.3. The molecule has 6 heteroatoms. The fourth-order valence-corrected chi connectivity index (χ4v) is 2.16. The van der Waals surface area contributed by atoms with Crippen LogP contribution in [0.3, 0.4) is 0 Å². The van der Waals surface area contributed by atoms with E-state index in [2.05, 4.69) is 10.4 Å². The third-order valence-electron chi connectivity index (χ3n) is 3.16. The van der Waals surface area contributed by atoms with Crippen LogP contribution in [0.5, 0.6) is 0 Å². The topological polar surface area (TPSA) is 76.2 Å². The highest BCUT2D eigenvalue weighted by Gasteiger charge is 2.14. The molecule has 0 atom stereocenters. The molecule has 0 bridgehead atoms. The zero-order valence-electron chi connectivity index (χ0n) is 10.6. The number of nitrogen functional groups attached to an aromatic ring is 1. The minimum atomic E-state index is 0.0389. The third-order valence-corrected chi connectivity index (χ3v) is 3.16. The molecule has 0 unspecified atom stereocenters. The van der Waals surface area contributed by atoms with Gasteiger partial charge >= 0.3 is 6.03 Å². The third kappa shape index (κ3) is 3.65. The van der Waals surface area contributed by atoms with E-state index in [1.54, 1.807) is 17.1 Å². The smallest absolute Gasteiger partial charge is 0.317 e. The SMILES string of the molecule is Nc1cnn(CCNC(=O)N2CCCCCC2)c1. The summed E-state index contributed by atoms with van der Waals surface area (Å²) in [6, 6.07) is 0.0389. The van der Waals surface area contributed by atoms with Gasteiger partial charge in [0.25, 0.3) is 0 Å². The van der Waals surface area contributed by atoms with E-state index in [1.165, 1.54) is 12.8 Å². The molecule has 18 heavy (non-hydrogen) atoms. The van der Waals surface area contributed by atoms with Gasteiger partial charge in [0, 0.05) is 25.8 Å². The maximum atomic E-state index is 11.9. The molecule has 2 heterocycles. The number of nitrogens with zero attached hydrogens (tertiary/aromatic N) is 3. The zero-order chi connectivity index (χ0) is 12.8. The lowest BCUT2D eigenvalue weighted by atomic mass is 10.2. The molecule has 100 valence electrons. The number of amides is 2. The number of aromatic nitrogens is 2. The van der Waals surface area contributed by atoms with E-state index >= 15 is 0 Å². The van der Waals surface area contributed by atoms with Crippen LogP contribution in [-0.2, 0) is 6.54 Å². The number of nitrogens with one attached hydrogen (secondary N) is 1. The standard InChI is InChI=1S/C12H21N5O/c13-11-9-15-17(10-11)8-5-14-12(18)16-6-3-1-2-4-7-16/h9-10H,1-8,13H2,(H,14,18). The Bertz CT molecular complexity index is 382. The number of carbonyl (C=O) groups is 1. The first-order valence-electron chi connectivity index (χ1n) is 6.56. The number of urea groups is 1. The quantitative estimate of drug-likeness (QED) is 0.843. The van der Waals surface area contributed by atoms with Crippen molar-refractivity contribution in [1.29, 1.82) is 0 Å². The predicted molar refractivity (Wildman–Crippen MR) is 70.1 cm³/mol. The molecule has 1 aliphatic rings. The van der Waals surface area contributed by atoms with Gasteiger partial charge in [-0.3, -0.25) is 4.68 Å². The molecule has 1 aromatic heterocycles. The lowest BCUT2D eigenvalue weighted by molar-refractivity contribution is 0.199. The molecule has 0 aromatic carbocycles. The average molecular weight is 251 g/mol. The van der Waals surface area contributed by atoms with E-state index in [9.17, 15) is 4.79 Å². The van der Waals surface area contributed by atoms with E-state index in [0.717, 1.165) is 25.9 Å². The van der Waals surface area contributed by atoms with Gasteiger partial charge in [0.2, 0.25) is 0 Å². The van der Waals surface area contributed by atoms with Crippen molar-refractivity contribution in [1.82, 2.24) is 20.0 Å². The number of carbonyl (C=O) groups excluding carboxylic acids is 1. The second kappa shape index (κ2) is 6.28. The summed E-state index contributed by atoms with van der Waals surface area (Å²) in [5.74, 6) is 0. The summed E-state index contributed by atoms with van der Waals surface area (Å²) in [6.45, 7) is 2.98. The summed E-state index contributed by atoms with van der Waals surface area (Å²) in [6.07, 6.45) is 8.06. The van der Waals surface area contributed by atoms with Crippen molar-refractivity contribution in [2.75, 3.05) is 25.4 Å². The molecular formula is C12H21N5O. The largest absolute Gasteiger partial charge is 0.396 e. The molecule has 1 saturated heterocycles. The molecule has 1 aromatic rings. The summed E-state index contributed by atoms with van der Waals surface area (Å²) < 4.78 is 1.73. The van der Waals surface area contributed by atoms with E-state index in [1.807, 2.05) is 4.90 Å². The predicted octanol–water partition coefficient (Wildman–Crippen LogP) is 1.05. The molecule has 0 aliphatic carbocycles. The number of hydrogen-bond donors (Lipinski definition) is 2. The first kappa shape index (κ1) is 12.7. The molecule has 0 saturated carbocycles. The highest BCUT2D eigenvalue weighted by atomic mass is 16.2. The van der Waals surface area contributed by atoms with Crippen molar-refractivity contribution in [2.45, 2.75) is 32.2 Å². The van der Waals surface area contributed by atoms with Crippen LogP contribution in [0.4, 0.5) is 10.5 Å². The second-order valence-corrected chi connectivity index (χ2v) is 4.67. The summed E-state index contributed by atoms with van der Waals surface area (Å²) in [7, 11) is 0. The van der Waals surface area contributed by atoms with Crippen molar-refractivity contribution >= 4 is 11.7 Å². The minimum Gasteiger partial charge on any atom is -0.396 e. The molecule has 1 aliphatic heterocycles. The van der Waals surface area contributed by atoms with Gasteiger partial charge in [-0.2, -0.15) is 5.10 Å². The summed E-state index contributed by atoms with van der Waals surface area (Å²) in [5, 5.41) is 6.99. The first-order valence-corrected chi connectivity index (χ1v) is 6.56. The molecule has 0 spiro atoms. The van der Waals surface area contributed by atoms with Gasteiger partial charge < -0.3 is 16.0 Å². The number of likely N-dealkylation sites (tertiary alicyclic amines) is 1. The number of hydrogen-bond acceptors (Lipinski definition) is 3. The van der Waals surface area contributed by atoms with Crippen LogP contribution in [0.25, 0.3) is 0 Å². The van der Waals surface area contributed by atoms with Crippen LogP contribution in [-0.4, -0.2) is 40.3 Å². The van der Waals surface area contributed by atoms with Crippen LogP contribution < -0.4 is 11.1 Å². The summed E-state index contributed by atoms with van der Waals surface area (Å²) in [5.41, 5.74) is 6.21. The second-order valence-electron chi connectivity index (χ2n) is 4.67. The first-order chi connectivity index (χ1) is 8.75. The van der Waals surface area contributed by atoms with E-state index in [0.29, 0.717) is 18.8 Å². The Hall–Kier alpha value is -1.72. The Labute approximate surface area is 107 Å². The fraction of sp³-hybridized carbons (Fsp3) is 0.667. The van der Waals surface area contributed by atoms with Crippen LogP contribution in [0.15, 0.2) is 12.4 Å². The van der Waals surface area contributed by atoms with Crippen LogP contribution >= 0.6 is 0 Å². The van der Waals surface area contributed by atoms with Gasteiger partial charge in [-0.15, -0.1) is 0 Å². The van der Waals surface area contributed by atoms with Gasteiger partial charge in [0.05, 0.1) is 18.4 Å². The molecule has 0 radical (unpaired) electrons. The molecule has 2 rings (SSSR count). The maximum Gasteiger partial charge on any atom is 0.317 e. The monoisotopic (exact) mass is 251 g/mol. The van der Waals surface area contributed by atoms with Gasteiger partial charge in [0.15, 0.2) is 0 Å². The number of rotatable bonds is 3. The average Bonchev–Trinajstić information content (AvgIpc) is 2.63. The Morgan fingerprint density at radius 2 is 2.06 bits per heavy atom. The minimum absolute atomic E-state index is 0.0389. The van der Waals surface area contributed by atoms with Crippen molar-refractivity contribution in [3.63, 3.8) is 0 Å². The van der Waals surface area contributed by atoms with Crippen LogP contribution in [0.2, 0.25) is 0 Å². The molecule has 3 N–H and O–H groups in total. The van der Waals surface area contributed by atoms with Crippen LogP contribution in [0, 0.1) is 0 Å². The molecule has 6 nitrogen and oxygen atoms in total. The van der Waals surface area contributed by atoms with Crippen LogP contribution in [0.1, 0.15) is 25.7 Å². The number of nitrogens with two attached hydrogens (primary N) is 1. The zero-order valence-corrected chi connectivity index (χ0v) is 10.6. The van der Waals surface area contributed by atoms with Crippen molar-refractivity contribution in [3.8, 4) is 0 Å². The maximum absolute atomic E-state index is 11.9. The summed E-state index contributed by atoms with van der Waals surface area (Å²) in [4.78, 5) is 13.8. The summed E-state index contributed by atoms with van der Waals surface area (Å²) >= 11 is 0. The van der Waals surface area contributed by atoms with Crippen molar-refractivity contribution < 1.29 is 4.79 Å². The Kier molecular flexibility index (Phi) is 4.44. The molecule has 2 amide bonds. The van der Waals surface area contributed by atoms with E-state index in [-0.39, 0.29) is 6.03 Å². The Morgan fingerprint density at radius 1 is 1.33 bits per heavy atom. The van der Waals surface area contributed by atoms with Crippen molar-refractivity contribution in [2.24, 2.45) is 0 Å².